The molecule has 6 nitrogen and oxygen atoms in total. The molecule has 0 aromatic heterocycles. The zero-order valence-electron chi connectivity index (χ0n) is 13.4. The second-order valence-electron chi connectivity index (χ2n) is 4.95. The Morgan fingerprint density at radius 2 is 1.73 bits per heavy atom. The van der Waals surface area contributed by atoms with Crippen LogP contribution in [0.2, 0.25) is 0 Å². The molecule has 124 valence electrons. The normalized spacial score (nSPS) is 14.2. The average molecular weight is 330 g/mol. The Morgan fingerprint density at radius 1 is 1.18 bits per heavy atom. The lowest BCUT2D eigenvalue weighted by Gasteiger charge is -2.31. The van der Waals surface area contributed by atoms with Crippen molar-refractivity contribution in [2.75, 3.05) is 6.61 Å². The first-order valence-corrected chi connectivity index (χ1v) is 8.83. The van der Waals surface area contributed by atoms with Gasteiger partial charge in [0, 0.05) is 0 Å². The first kappa shape index (κ1) is 18.7. The first-order chi connectivity index (χ1) is 10.3. The second-order valence-corrected chi connectivity index (χ2v) is 7.00. The van der Waals surface area contributed by atoms with Crippen molar-refractivity contribution in [1.82, 2.24) is 0 Å². The summed E-state index contributed by atoms with van der Waals surface area (Å²) < 4.78 is 22.3. The van der Waals surface area contributed by atoms with Gasteiger partial charge in [0.25, 0.3) is 0 Å². The van der Waals surface area contributed by atoms with Crippen LogP contribution in [-0.4, -0.2) is 22.6 Å². The number of hydrogen-bond donors (Lipinski definition) is 1. The molecule has 1 N–H and O–H groups in total. The van der Waals surface area contributed by atoms with E-state index in [-0.39, 0.29) is 25.2 Å². The molecule has 1 atom stereocenters. The van der Waals surface area contributed by atoms with Gasteiger partial charge in [0.2, 0.25) is 0 Å². The van der Waals surface area contributed by atoms with Crippen molar-refractivity contribution < 1.29 is 28.6 Å². The Hall–Kier alpha value is -1.36. The number of aryl methyl sites for hydroxylation is 1. The molecule has 1 aromatic rings. The number of rotatable bonds is 8. The maximum absolute atomic E-state index is 12.6. The highest BCUT2D eigenvalue weighted by atomic mass is 31.2. The van der Waals surface area contributed by atoms with Crippen molar-refractivity contribution in [2.24, 2.45) is 0 Å². The number of benzene rings is 1. The van der Waals surface area contributed by atoms with E-state index < -0.39 is 18.7 Å². The van der Waals surface area contributed by atoms with Crippen molar-refractivity contribution in [3.8, 4) is 5.75 Å². The summed E-state index contributed by atoms with van der Waals surface area (Å²) in [5.41, 5.74) is 1.02. The molecule has 1 aromatic carbocycles. The molecule has 0 saturated carbocycles. The summed E-state index contributed by atoms with van der Waals surface area (Å²) >= 11 is 0. The topological polar surface area (TPSA) is 82.1 Å². The summed E-state index contributed by atoms with van der Waals surface area (Å²) in [7, 11) is -4.39. The summed E-state index contributed by atoms with van der Waals surface area (Å²) in [6.45, 7) is 6.94. The Balaban J connectivity index is 2.94. The van der Waals surface area contributed by atoms with Crippen LogP contribution in [0.1, 0.15) is 39.2 Å². The molecule has 1 unspecified atom stereocenters. The molecule has 1 rings (SSSR count). The van der Waals surface area contributed by atoms with Crippen LogP contribution < -0.4 is 4.89 Å². The summed E-state index contributed by atoms with van der Waals surface area (Å²) in [4.78, 5) is 27.3. The number of ether oxygens (including phenoxy) is 1. The lowest BCUT2D eigenvalue weighted by atomic mass is 10.0. The molecule has 0 heterocycles. The van der Waals surface area contributed by atoms with Crippen LogP contribution in [-0.2, 0) is 18.8 Å². The summed E-state index contributed by atoms with van der Waals surface area (Å²) in [6.07, 6.45) is 0.209. The fourth-order valence-corrected chi connectivity index (χ4v) is 3.50. The predicted molar refractivity (Wildman–Crippen MR) is 82.7 cm³/mol. The first-order valence-electron chi connectivity index (χ1n) is 7.26. The van der Waals surface area contributed by atoms with Crippen LogP contribution in [0.15, 0.2) is 24.3 Å². The Morgan fingerprint density at radius 3 is 2.18 bits per heavy atom. The molecule has 7 heteroatoms. The van der Waals surface area contributed by atoms with E-state index in [4.69, 9.17) is 14.3 Å². The lowest BCUT2D eigenvalue weighted by Crippen LogP contribution is -2.39. The maximum Gasteiger partial charge on any atom is 0.383 e. The quantitative estimate of drug-likeness (QED) is 0.339. The molecule has 0 aliphatic carbocycles. The Labute approximate surface area is 130 Å². The molecule has 0 saturated heterocycles. The lowest BCUT2D eigenvalue weighted by molar-refractivity contribution is -0.151. The third-order valence-electron chi connectivity index (χ3n) is 3.62. The Bertz CT molecular complexity index is 535. The molecule has 0 amide bonds. The van der Waals surface area contributed by atoms with E-state index in [1.54, 1.807) is 45.0 Å². The smallest absolute Gasteiger partial charge is 0.383 e. The van der Waals surface area contributed by atoms with E-state index in [2.05, 4.69) is 0 Å². The second kappa shape index (κ2) is 7.77. The van der Waals surface area contributed by atoms with Crippen molar-refractivity contribution in [3.63, 3.8) is 0 Å². The van der Waals surface area contributed by atoms with E-state index >= 15 is 0 Å². The molecule has 0 radical (unpaired) electrons. The molecule has 0 spiro atoms. The standard InChI is InChI=1S/C15H23O6P/c1-5-15(6-2,14(16)19-7-3)22(17,18)21-20-13-10-8-12(4)9-11-13/h8-11H,5-7H2,1-4H3,(H,17,18). The zero-order valence-corrected chi connectivity index (χ0v) is 14.3. The highest BCUT2D eigenvalue weighted by Gasteiger charge is 2.55. The molecular weight excluding hydrogens is 307 g/mol. The van der Waals surface area contributed by atoms with Crippen LogP contribution in [0, 0.1) is 6.92 Å². The predicted octanol–water partition coefficient (Wildman–Crippen LogP) is 3.61. The SMILES string of the molecule is CCOC(=O)C(CC)(CC)P(=O)(O)OOc1ccc(C)cc1. The van der Waals surface area contributed by atoms with Gasteiger partial charge in [-0.15, -0.1) is 0 Å². The number of hydrogen-bond acceptors (Lipinski definition) is 5. The fourth-order valence-electron chi connectivity index (χ4n) is 2.08. The van der Waals surface area contributed by atoms with E-state index in [0.29, 0.717) is 0 Å². The average Bonchev–Trinajstić information content (AvgIpc) is 2.48. The highest BCUT2D eigenvalue weighted by Crippen LogP contribution is 2.59. The van der Waals surface area contributed by atoms with Crippen LogP contribution in [0.5, 0.6) is 5.75 Å². The summed E-state index contributed by atoms with van der Waals surface area (Å²) in [5.74, 6) is -0.469. The van der Waals surface area contributed by atoms with Gasteiger partial charge in [0.05, 0.1) is 6.61 Å². The van der Waals surface area contributed by atoms with Gasteiger partial charge in [-0.1, -0.05) is 36.2 Å². The fraction of sp³-hybridized carbons (Fsp3) is 0.533. The van der Waals surface area contributed by atoms with Gasteiger partial charge in [-0.05, 0) is 38.8 Å². The molecule has 22 heavy (non-hydrogen) atoms. The minimum absolute atomic E-state index is 0.105. The monoisotopic (exact) mass is 330 g/mol. The molecule has 0 fully saturated rings. The van der Waals surface area contributed by atoms with Crippen LogP contribution >= 0.6 is 7.60 Å². The Kier molecular flexibility index (Phi) is 6.60. The van der Waals surface area contributed by atoms with Crippen molar-refractivity contribution in [2.45, 2.75) is 45.7 Å². The molecule has 0 bridgehead atoms. The molecular formula is C15H23O6P. The molecule has 0 aliphatic rings. The number of carbonyl (C=O) groups excluding carboxylic acids is 1. The largest absolute Gasteiger partial charge is 0.465 e. The minimum atomic E-state index is -4.39. The maximum atomic E-state index is 12.6. The highest BCUT2D eigenvalue weighted by molar-refractivity contribution is 7.55. The van der Waals surface area contributed by atoms with Gasteiger partial charge < -0.3 is 14.5 Å². The van der Waals surface area contributed by atoms with Gasteiger partial charge >= 0.3 is 13.6 Å². The number of carbonyl (C=O) groups is 1. The van der Waals surface area contributed by atoms with E-state index in [1.807, 2.05) is 6.92 Å². The van der Waals surface area contributed by atoms with Crippen molar-refractivity contribution >= 4 is 13.6 Å². The van der Waals surface area contributed by atoms with Crippen LogP contribution in [0.3, 0.4) is 0 Å². The van der Waals surface area contributed by atoms with E-state index in [9.17, 15) is 14.3 Å². The van der Waals surface area contributed by atoms with Gasteiger partial charge in [0.1, 0.15) is 0 Å². The van der Waals surface area contributed by atoms with Crippen molar-refractivity contribution in [1.29, 1.82) is 0 Å². The number of esters is 1. The van der Waals surface area contributed by atoms with Gasteiger partial charge in [-0.2, -0.15) is 0 Å². The van der Waals surface area contributed by atoms with Gasteiger partial charge in [0.15, 0.2) is 10.9 Å². The zero-order chi connectivity index (χ0) is 16.8. The van der Waals surface area contributed by atoms with Gasteiger partial charge in [-0.25, -0.2) is 0 Å². The summed E-state index contributed by atoms with van der Waals surface area (Å²) in [6, 6.07) is 6.77. The van der Waals surface area contributed by atoms with Crippen molar-refractivity contribution in [3.05, 3.63) is 29.8 Å². The summed E-state index contributed by atoms with van der Waals surface area (Å²) in [5, 5.41) is -1.63. The van der Waals surface area contributed by atoms with Gasteiger partial charge in [-0.3, -0.25) is 9.36 Å². The van der Waals surface area contributed by atoms with E-state index in [1.165, 1.54) is 0 Å². The molecule has 0 aliphatic heterocycles. The van der Waals surface area contributed by atoms with Crippen LogP contribution in [0.4, 0.5) is 0 Å². The minimum Gasteiger partial charge on any atom is -0.465 e. The third kappa shape index (κ3) is 3.88. The van der Waals surface area contributed by atoms with E-state index in [0.717, 1.165) is 5.56 Å². The van der Waals surface area contributed by atoms with Crippen LogP contribution in [0.25, 0.3) is 0 Å². The third-order valence-corrected chi connectivity index (χ3v) is 5.80.